The van der Waals surface area contributed by atoms with Crippen LogP contribution in [0.3, 0.4) is 0 Å². The van der Waals surface area contributed by atoms with Crippen LogP contribution in [0.4, 0.5) is 0 Å². The third-order valence-corrected chi connectivity index (χ3v) is 11.1. The summed E-state index contributed by atoms with van der Waals surface area (Å²) in [4.78, 5) is 10.9. The molecule has 0 spiro atoms. The lowest BCUT2D eigenvalue weighted by Crippen LogP contribution is -2.10. The van der Waals surface area contributed by atoms with E-state index >= 15 is 0 Å². The van der Waals surface area contributed by atoms with Gasteiger partial charge in [0.15, 0.2) is 0 Å². The minimum atomic E-state index is 0.180. The number of thiophene rings is 1. The predicted octanol–water partition coefficient (Wildman–Crippen LogP) is 10.2. The van der Waals surface area contributed by atoms with Gasteiger partial charge < -0.3 is 0 Å². The number of nitrogens with zero attached hydrogens (tertiary/aromatic N) is 2. The maximum absolute atomic E-state index is 8.77. The van der Waals surface area contributed by atoms with Crippen LogP contribution in [0.1, 0.15) is 44.9 Å². The number of nitrogens with one attached hydrogen (secondary N) is 4. The maximum Gasteiger partial charge on any atom is 0.119 e. The summed E-state index contributed by atoms with van der Waals surface area (Å²) in [5.41, 5.74) is 7.19. The van der Waals surface area contributed by atoms with E-state index in [2.05, 4.69) is 49.4 Å². The van der Waals surface area contributed by atoms with E-state index in [0.717, 1.165) is 63.2 Å². The molecule has 3 aromatic carbocycles. The smallest absolute Gasteiger partial charge is 0.119 e. The monoisotopic (exact) mass is 678 g/mol. The number of fused-ring (bicyclic) bond motifs is 2. The summed E-state index contributed by atoms with van der Waals surface area (Å²) in [7, 11) is 0. The van der Waals surface area contributed by atoms with Crippen molar-refractivity contribution in [3.63, 3.8) is 0 Å². The van der Waals surface area contributed by atoms with Crippen molar-refractivity contribution in [2.75, 3.05) is 0 Å². The number of benzene rings is 3. The standard InChI is InChI=1S/C39H30N6S3/c1-23-21-25-10-3-5-13-27(25)29(22-23)31-16-8-18-33(45-31)37(41)48-39(43)35-20-19-34(46-35)38(42)47-36(40)32-17-7-15-30(44-32)28-14-6-11-24-9-2-4-12-26(24)28/h2-20,22-23,40-43H,21H2,1H3. The summed E-state index contributed by atoms with van der Waals surface area (Å²) in [6, 6.07) is 37.6. The Kier molecular flexibility index (Phi) is 8.99. The Morgan fingerprint density at radius 3 is 1.90 bits per heavy atom. The molecule has 1 aliphatic rings. The van der Waals surface area contributed by atoms with Crippen molar-refractivity contribution < 1.29 is 0 Å². The van der Waals surface area contributed by atoms with Crippen LogP contribution in [-0.2, 0) is 6.42 Å². The van der Waals surface area contributed by atoms with Crippen molar-refractivity contribution >= 4 is 71.4 Å². The summed E-state index contributed by atoms with van der Waals surface area (Å²) in [6.45, 7) is 2.21. The molecule has 1 aliphatic carbocycles. The fourth-order valence-corrected chi connectivity index (χ4v) is 8.20. The number of pyridine rings is 2. The lowest BCUT2D eigenvalue weighted by atomic mass is 9.84. The highest BCUT2D eigenvalue weighted by atomic mass is 32.2. The van der Waals surface area contributed by atoms with E-state index in [1.165, 1.54) is 22.5 Å². The molecule has 0 radical (unpaired) electrons. The van der Waals surface area contributed by atoms with Crippen LogP contribution >= 0.6 is 34.9 Å². The fraction of sp³-hybridized carbons (Fsp3) is 0.0769. The van der Waals surface area contributed by atoms with Gasteiger partial charge in [-0.2, -0.15) is 0 Å². The molecule has 3 heterocycles. The third kappa shape index (κ3) is 6.57. The summed E-state index contributed by atoms with van der Waals surface area (Å²) in [5.74, 6) is 0.396. The van der Waals surface area contributed by atoms with Crippen LogP contribution in [-0.4, -0.2) is 30.1 Å². The molecule has 9 heteroatoms. The highest BCUT2D eigenvalue weighted by Gasteiger charge is 2.20. The van der Waals surface area contributed by atoms with Gasteiger partial charge in [0, 0.05) is 11.1 Å². The molecule has 1 atom stereocenters. The van der Waals surface area contributed by atoms with Gasteiger partial charge >= 0.3 is 0 Å². The second-order valence-corrected chi connectivity index (χ2v) is 14.6. The van der Waals surface area contributed by atoms with Gasteiger partial charge in [0.05, 0.1) is 32.5 Å². The van der Waals surface area contributed by atoms with Crippen LogP contribution in [0.2, 0.25) is 0 Å². The van der Waals surface area contributed by atoms with E-state index in [0.29, 0.717) is 27.1 Å². The van der Waals surface area contributed by atoms with Crippen LogP contribution in [0.15, 0.2) is 121 Å². The normalized spacial score (nSPS) is 13.9. The van der Waals surface area contributed by atoms with E-state index in [9.17, 15) is 0 Å². The molecule has 0 saturated carbocycles. The molecule has 0 bridgehead atoms. The molecule has 4 N–H and O–H groups in total. The Hall–Kier alpha value is -4.96. The molecule has 7 rings (SSSR count). The van der Waals surface area contributed by atoms with Gasteiger partial charge in [-0.05, 0) is 94.2 Å². The molecular weight excluding hydrogens is 649 g/mol. The minimum absolute atomic E-state index is 0.180. The van der Waals surface area contributed by atoms with Crippen LogP contribution in [0.25, 0.3) is 27.6 Å². The Bertz CT molecular complexity index is 2280. The molecule has 1 unspecified atom stereocenters. The van der Waals surface area contributed by atoms with Gasteiger partial charge in [-0.25, -0.2) is 9.97 Å². The van der Waals surface area contributed by atoms with Crippen LogP contribution < -0.4 is 0 Å². The first-order valence-corrected chi connectivity index (χ1v) is 17.8. The topological polar surface area (TPSA) is 121 Å². The number of rotatable bonds is 6. The second kappa shape index (κ2) is 13.6. The zero-order valence-electron chi connectivity index (χ0n) is 26.0. The van der Waals surface area contributed by atoms with Crippen molar-refractivity contribution in [2.24, 2.45) is 5.92 Å². The number of hydrogen-bond donors (Lipinski definition) is 4. The largest absolute Gasteiger partial charge is 0.292 e. The Morgan fingerprint density at radius 1 is 0.604 bits per heavy atom. The van der Waals surface area contributed by atoms with Crippen LogP contribution in [0, 0.1) is 27.6 Å². The van der Waals surface area contributed by atoms with Gasteiger partial charge in [0.1, 0.15) is 20.2 Å². The molecule has 0 saturated heterocycles. The molecule has 3 aromatic heterocycles. The van der Waals surface area contributed by atoms with Crippen molar-refractivity contribution in [1.82, 2.24) is 9.97 Å². The Balaban J connectivity index is 1.02. The molecule has 0 amide bonds. The van der Waals surface area contributed by atoms with Gasteiger partial charge in [0.2, 0.25) is 0 Å². The summed E-state index contributed by atoms with van der Waals surface area (Å²) >= 11 is 3.40. The quantitative estimate of drug-likeness (QED) is 0.103. The SMILES string of the molecule is CC1C=C(c2cccc(C(=N)SC(=N)c3ccc(C(=N)SC(=N)c4cccc(-c5cccc6ccccc56)n4)s3)n2)c2ccccc2C1. The van der Waals surface area contributed by atoms with E-state index < -0.39 is 0 Å². The second-order valence-electron chi connectivity index (χ2n) is 11.4. The molecule has 6 nitrogen and oxygen atoms in total. The van der Waals surface area contributed by atoms with Crippen molar-refractivity contribution in [3.8, 4) is 11.3 Å². The van der Waals surface area contributed by atoms with Crippen molar-refractivity contribution in [2.45, 2.75) is 13.3 Å². The van der Waals surface area contributed by atoms with Gasteiger partial charge in [0.25, 0.3) is 0 Å². The van der Waals surface area contributed by atoms with E-state index in [4.69, 9.17) is 31.6 Å². The lowest BCUT2D eigenvalue weighted by Gasteiger charge is -2.22. The number of thioether (sulfide) groups is 2. The molecule has 6 aromatic rings. The molecule has 0 fully saturated rings. The van der Waals surface area contributed by atoms with E-state index in [-0.39, 0.29) is 20.2 Å². The average Bonchev–Trinajstić information content (AvgIpc) is 3.62. The lowest BCUT2D eigenvalue weighted by molar-refractivity contribution is 0.713. The zero-order chi connectivity index (χ0) is 33.2. The van der Waals surface area contributed by atoms with Crippen LogP contribution in [0.5, 0.6) is 0 Å². The van der Waals surface area contributed by atoms with Gasteiger partial charge in [-0.15, -0.1) is 11.3 Å². The van der Waals surface area contributed by atoms with Crippen molar-refractivity contribution in [3.05, 3.63) is 159 Å². The zero-order valence-corrected chi connectivity index (χ0v) is 28.4. The van der Waals surface area contributed by atoms with Gasteiger partial charge in [-0.3, -0.25) is 21.6 Å². The third-order valence-electron chi connectivity index (χ3n) is 8.07. The first-order valence-electron chi connectivity index (χ1n) is 15.4. The van der Waals surface area contributed by atoms with Crippen molar-refractivity contribution in [1.29, 1.82) is 21.6 Å². The van der Waals surface area contributed by atoms with E-state index in [1.807, 2.05) is 60.7 Å². The summed E-state index contributed by atoms with van der Waals surface area (Å²) < 4.78 is 0. The number of aromatic nitrogens is 2. The molecular formula is C39H30N6S3. The average molecular weight is 679 g/mol. The highest BCUT2D eigenvalue weighted by molar-refractivity contribution is 8.27. The summed E-state index contributed by atoms with van der Waals surface area (Å²) in [5, 5.41) is 38.0. The maximum atomic E-state index is 8.77. The predicted molar refractivity (Wildman–Crippen MR) is 205 cm³/mol. The molecule has 0 aliphatic heterocycles. The Morgan fingerprint density at radius 2 is 1.17 bits per heavy atom. The van der Waals surface area contributed by atoms with E-state index in [1.54, 1.807) is 18.2 Å². The minimum Gasteiger partial charge on any atom is -0.292 e. The van der Waals surface area contributed by atoms with Gasteiger partial charge in [-0.1, -0.05) is 91.9 Å². The molecule has 48 heavy (non-hydrogen) atoms. The Labute approximate surface area is 291 Å². The molecule has 234 valence electrons. The summed E-state index contributed by atoms with van der Waals surface area (Å²) in [6.07, 6.45) is 3.25. The fourth-order valence-electron chi connectivity index (χ4n) is 5.83. The number of allylic oxidation sites excluding steroid dienone is 1. The first-order chi connectivity index (χ1) is 23.3. The highest BCUT2D eigenvalue weighted by Crippen LogP contribution is 2.34. The first kappa shape index (κ1) is 31.6. The number of hydrogen-bond acceptors (Lipinski definition) is 9.